The lowest BCUT2D eigenvalue weighted by Crippen LogP contribution is -1.99. The Morgan fingerprint density at radius 2 is 2.00 bits per heavy atom. The number of rotatable bonds is 3. The molecule has 1 nitrogen and oxygen atoms in total. The second kappa shape index (κ2) is 4.31. The van der Waals surface area contributed by atoms with Gasteiger partial charge in [0.1, 0.15) is 5.75 Å². The van der Waals surface area contributed by atoms with E-state index in [1.807, 2.05) is 0 Å². The van der Waals surface area contributed by atoms with Gasteiger partial charge in [0.2, 0.25) is 0 Å². The standard InChI is InChI=1S/C12H18O/c1-9(2)8-11-7-5-6-10(3)12(11)13-4/h5-7,9H,8H2,1-4H3. The van der Waals surface area contributed by atoms with Gasteiger partial charge in [-0.1, -0.05) is 32.0 Å². The molecule has 0 spiro atoms. The molecule has 0 aliphatic rings. The molecule has 0 saturated heterocycles. The molecule has 0 unspecified atom stereocenters. The molecule has 0 aliphatic heterocycles. The fraction of sp³-hybridized carbons (Fsp3) is 0.500. The van der Waals surface area contributed by atoms with E-state index >= 15 is 0 Å². The van der Waals surface area contributed by atoms with Crippen LogP contribution in [0.25, 0.3) is 0 Å². The minimum Gasteiger partial charge on any atom is -0.496 e. The van der Waals surface area contributed by atoms with Gasteiger partial charge in [-0.3, -0.25) is 0 Å². The number of benzene rings is 1. The third-order valence-electron chi connectivity index (χ3n) is 2.13. The van der Waals surface area contributed by atoms with Gasteiger partial charge in [-0.25, -0.2) is 0 Å². The van der Waals surface area contributed by atoms with Crippen LogP contribution in [0.15, 0.2) is 18.2 Å². The number of hydrogen-bond acceptors (Lipinski definition) is 1. The van der Waals surface area contributed by atoms with E-state index in [2.05, 4.69) is 39.0 Å². The summed E-state index contributed by atoms with van der Waals surface area (Å²) in [5.74, 6) is 1.73. The Morgan fingerprint density at radius 3 is 2.54 bits per heavy atom. The second-order valence-electron chi connectivity index (χ2n) is 3.87. The fourth-order valence-corrected chi connectivity index (χ4v) is 1.61. The molecule has 0 aliphatic carbocycles. The first-order valence-corrected chi connectivity index (χ1v) is 4.77. The maximum absolute atomic E-state index is 5.38. The highest BCUT2D eigenvalue weighted by atomic mass is 16.5. The van der Waals surface area contributed by atoms with Gasteiger partial charge < -0.3 is 4.74 Å². The maximum atomic E-state index is 5.38. The van der Waals surface area contributed by atoms with Gasteiger partial charge in [0, 0.05) is 0 Å². The first-order valence-electron chi connectivity index (χ1n) is 4.77. The summed E-state index contributed by atoms with van der Waals surface area (Å²) in [6.45, 7) is 6.53. The molecule has 0 bridgehead atoms. The number of methoxy groups -OCH3 is 1. The van der Waals surface area contributed by atoms with E-state index in [1.54, 1.807) is 7.11 Å². The predicted octanol–water partition coefficient (Wildman–Crippen LogP) is 3.20. The van der Waals surface area contributed by atoms with E-state index < -0.39 is 0 Å². The Bertz CT molecular complexity index is 276. The fourth-order valence-electron chi connectivity index (χ4n) is 1.61. The van der Waals surface area contributed by atoms with Gasteiger partial charge in [-0.15, -0.1) is 0 Å². The third-order valence-corrected chi connectivity index (χ3v) is 2.13. The summed E-state index contributed by atoms with van der Waals surface area (Å²) >= 11 is 0. The van der Waals surface area contributed by atoms with Crippen LogP contribution in [0.4, 0.5) is 0 Å². The SMILES string of the molecule is COc1c(C)cccc1CC(C)C. The Balaban J connectivity index is 2.98. The number of para-hydroxylation sites is 1. The summed E-state index contributed by atoms with van der Waals surface area (Å²) in [7, 11) is 1.74. The van der Waals surface area contributed by atoms with E-state index in [4.69, 9.17) is 4.74 Å². The molecule has 72 valence electrons. The second-order valence-corrected chi connectivity index (χ2v) is 3.87. The van der Waals surface area contributed by atoms with Crippen LogP contribution in [0.1, 0.15) is 25.0 Å². The van der Waals surface area contributed by atoms with E-state index in [0.717, 1.165) is 12.2 Å². The van der Waals surface area contributed by atoms with Crippen molar-refractivity contribution in [1.29, 1.82) is 0 Å². The van der Waals surface area contributed by atoms with E-state index in [-0.39, 0.29) is 0 Å². The predicted molar refractivity (Wildman–Crippen MR) is 56.3 cm³/mol. The average molecular weight is 178 g/mol. The van der Waals surface area contributed by atoms with E-state index in [1.165, 1.54) is 11.1 Å². The van der Waals surface area contributed by atoms with Crippen molar-refractivity contribution >= 4 is 0 Å². The van der Waals surface area contributed by atoms with Gasteiger partial charge in [0.25, 0.3) is 0 Å². The number of ether oxygens (including phenoxy) is 1. The summed E-state index contributed by atoms with van der Waals surface area (Å²) in [6.07, 6.45) is 1.09. The molecular formula is C12H18O. The summed E-state index contributed by atoms with van der Waals surface area (Å²) in [5, 5.41) is 0. The van der Waals surface area contributed by atoms with Gasteiger partial charge in [-0.2, -0.15) is 0 Å². The topological polar surface area (TPSA) is 9.23 Å². The van der Waals surface area contributed by atoms with Gasteiger partial charge in [-0.05, 0) is 30.4 Å². The van der Waals surface area contributed by atoms with Crippen molar-refractivity contribution in [3.8, 4) is 5.75 Å². The molecule has 0 heterocycles. The Kier molecular flexibility index (Phi) is 3.35. The Labute approximate surface area is 80.7 Å². The lowest BCUT2D eigenvalue weighted by molar-refractivity contribution is 0.403. The van der Waals surface area contributed by atoms with Crippen molar-refractivity contribution in [3.63, 3.8) is 0 Å². The third kappa shape index (κ3) is 2.48. The van der Waals surface area contributed by atoms with Crippen molar-refractivity contribution in [2.75, 3.05) is 7.11 Å². The molecule has 0 aromatic heterocycles. The number of hydrogen-bond donors (Lipinski definition) is 0. The summed E-state index contributed by atoms with van der Waals surface area (Å²) in [5.41, 5.74) is 2.54. The van der Waals surface area contributed by atoms with Gasteiger partial charge in [0.05, 0.1) is 7.11 Å². The molecule has 0 atom stereocenters. The molecule has 0 N–H and O–H groups in total. The molecule has 1 aromatic carbocycles. The minimum atomic E-state index is 0.677. The van der Waals surface area contributed by atoms with Crippen molar-refractivity contribution in [2.24, 2.45) is 5.92 Å². The zero-order valence-electron chi connectivity index (χ0n) is 8.92. The Hall–Kier alpha value is -0.980. The zero-order chi connectivity index (χ0) is 9.84. The van der Waals surface area contributed by atoms with Crippen molar-refractivity contribution in [1.82, 2.24) is 0 Å². The molecule has 0 amide bonds. The van der Waals surface area contributed by atoms with Crippen LogP contribution in [0, 0.1) is 12.8 Å². The molecular weight excluding hydrogens is 160 g/mol. The van der Waals surface area contributed by atoms with Crippen molar-refractivity contribution in [2.45, 2.75) is 27.2 Å². The number of aryl methyl sites for hydroxylation is 1. The summed E-state index contributed by atoms with van der Waals surface area (Å²) in [4.78, 5) is 0. The van der Waals surface area contributed by atoms with Crippen LogP contribution in [0.5, 0.6) is 5.75 Å². The highest BCUT2D eigenvalue weighted by Crippen LogP contribution is 2.24. The van der Waals surface area contributed by atoms with E-state index in [0.29, 0.717) is 5.92 Å². The largest absolute Gasteiger partial charge is 0.496 e. The van der Waals surface area contributed by atoms with Crippen molar-refractivity contribution < 1.29 is 4.74 Å². The molecule has 0 fully saturated rings. The lowest BCUT2D eigenvalue weighted by atomic mass is 10.00. The monoisotopic (exact) mass is 178 g/mol. The summed E-state index contributed by atoms with van der Waals surface area (Å²) in [6, 6.07) is 6.32. The molecule has 1 heteroatoms. The minimum absolute atomic E-state index is 0.677. The lowest BCUT2D eigenvalue weighted by Gasteiger charge is -2.12. The molecule has 1 rings (SSSR count). The molecule has 1 aromatic rings. The van der Waals surface area contributed by atoms with Crippen LogP contribution in [0.3, 0.4) is 0 Å². The maximum Gasteiger partial charge on any atom is 0.124 e. The smallest absolute Gasteiger partial charge is 0.124 e. The van der Waals surface area contributed by atoms with Crippen LogP contribution < -0.4 is 4.74 Å². The highest BCUT2D eigenvalue weighted by Gasteiger charge is 2.06. The van der Waals surface area contributed by atoms with Crippen LogP contribution in [0.2, 0.25) is 0 Å². The van der Waals surface area contributed by atoms with Crippen LogP contribution >= 0.6 is 0 Å². The van der Waals surface area contributed by atoms with E-state index in [9.17, 15) is 0 Å². The quantitative estimate of drug-likeness (QED) is 0.690. The van der Waals surface area contributed by atoms with Crippen LogP contribution in [-0.2, 0) is 6.42 Å². The molecule has 0 radical (unpaired) electrons. The zero-order valence-corrected chi connectivity index (χ0v) is 8.92. The molecule has 0 saturated carbocycles. The Morgan fingerprint density at radius 1 is 1.31 bits per heavy atom. The first-order chi connectivity index (χ1) is 6.15. The first kappa shape index (κ1) is 10.1. The van der Waals surface area contributed by atoms with Gasteiger partial charge >= 0.3 is 0 Å². The highest BCUT2D eigenvalue weighted by molar-refractivity contribution is 5.40. The van der Waals surface area contributed by atoms with Gasteiger partial charge in [0.15, 0.2) is 0 Å². The normalized spacial score (nSPS) is 10.5. The molecule has 13 heavy (non-hydrogen) atoms. The van der Waals surface area contributed by atoms with Crippen molar-refractivity contribution in [3.05, 3.63) is 29.3 Å². The average Bonchev–Trinajstić information content (AvgIpc) is 2.03. The summed E-state index contributed by atoms with van der Waals surface area (Å²) < 4.78 is 5.38. The van der Waals surface area contributed by atoms with Crippen LogP contribution in [-0.4, -0.2) is 7.11 Å².